The first kappa shape index (κ1) is 35.7. The molecule has 0 saturated heterocycles. The van der Waals surface area contributed by atoms with E-state index in [9.17, 15) is 24.6 Å². The summed E-state index contributed by atoms with van der Waals surface area (Å²) in [5.41, 5.74) is 15.7. The number of para-hydroxylation sites is 3. The summed E-state index contributed by atoms with van der Waals surface area (Å²) in [6.07, 6.45) is 0. The molecule has 0 fully saturated rings. The topological polar surface area (TPSA) is 213 Å². The molecule has 0 atom stereocenters. The summed E-state index contributed by atoms with van der Waals surface area (Å²) in [6.45, 7) is 6.53. The third-order valence-electron chi connectivity index (χ3n) is 4.24. The monoisotopic (exact) mass is 558 g/mol. The third kappa shape index (κ3) is 19.4. The number of hydrogen-bond acceptors (Lipinski definition) is 12. The van der Waals surface area contributed by atoms with Crippen molar-refractivity contribution in [3.05, 3.63) is 74.6 Å². The molecule has 2 aromatic carbocycles. The minimum atomic E-state index is -0.799. The average molecular weight is 559 g/mol. The number of nitrogens with zero attached hydrogens (tertiary/aromatic N) is 2. The fourth-order valence-electron chi connectivity index (χ4n) is 2.53. The van der Waals surface area contributed by atoms with Gasteiger partial charge in [-0.25, -0.2) is 0 Å². The van der Waals surface area contributed by atoms with E-state index in [1.807, 2.05) is 0 Å². The molecule has 0 aromatic heterocycles. The van der Waals surface area contributed by atoms with Crippen LogP contribution in [0.5, 0.6) is 0 Å². The van der Waals surface area contributed by atoms with Crippen LogP contribution in [0.15, 0.2) is 48.5 Å². The number of nitrogens with one attached hydrogen (secondary N) is 1. The van der Waals surface area contributed by atoms with Crippen molar-refractivity contribution in [3.8, 4) is 0 Å². The van der Waals surface area contributed by atoms with Crippen LogP contribution in [0.4, 0.5) is 21.5 Å². The lowest BCUT2D eigenvalue weighted by Crippen LogP contribution is -2.15. The van der Waals surface area contributed by atoms with Gasteiger partial charge in [0, 0.05) is 38.3 Å². The lowest BCUT2D eigenvalue weighted by Gasteiger charge is -2.08. The highest BCUT2D eigenvalue weighted by atomic mass is 19.1. The van der Waals surface area contributed by atoms with Crippen molar-refractivity contribution in [2.75, 3.05) is 84.4 Å². The van der Waals surface area contributed by atoms with Gasteiger partial charge in [0.05, 0.1) is 62.7 Å². The molecule has 0 radical (unpaired) electrons. The van der Waals surface area contributed by atoms with Gasteiger partial charge < -0.3 is 41.5 Å². The first-order valence-corrected chi connectivity index (χ1v) is 12.2. The first-order chi connectivity index (χ1) is 18.9. The van der Waals surface area contributed by atoms with Crippen LogP contribution in [-0.2, 0) is 18.9 Å². The molecule has 39 heavy (non-hydrogen) atoms. The van der Waals surface area contributed by atoms with E-state index in [1.165, 1.54) is 18.2 Å². The van der Waals surface area contributed by atoms with Crippen LogP contribution in [0.2, 0.25) is 0 Å². The van der Waals surface area contributed by atoms with Crippen LogP contribution in [0.1, 0.15) is 0 Å². The smallest absolute Gasteiger partial charge is 0.304 e. The first-order valence-electron chi connectivity index (χ1n) is 12.2. The lowest BCUT2D eigenvalue weighted by atomic mass is 10.2. The Labute approximate surface area is 226 Å². The van der Waals surface area contributed by atoms with E-state index in [1.54, 1.807) is 18.2 Å². The fraction of sp³-hybridized carbons (Fsp3) is 0.500. The predicted octanol–water partition coefficient (Wildman–Crippen LogP) is 1.67. The second-order valence-electron chi connectivity index (χ2n) is 7.23. The summed E-state index contributed by atoms with van der Waals surface area (Å²) in [4.78, 5) is 19.6. The number of anilines is 1. The van der Waals surface area contributed by atoms with Crippen molar-refractivity contribution < 1.29 is 33.2 Å². The second kappa shape index (κ2) is 25.0. The van der Waals surface area contributed by atoms with Crippen molar-refractivity contribution in [1.29, 1.82) is 0 Å². The number of halogens is 1. The van der Waals surface area contributed by atoms with Gasteiger partial charge in [-0.3, -0.25) is 20.2 Å². The van der Waals surface area contributed by atoms with Crippen molar-refractivity contribution in [1.82, 2.24) is 0 Å². The molecule has 0 heterocycles. The fourth-order valence-corrected chi connectivity index (χ4v) is 2.53. The number of nitro groups is 2. The van der Waals surface area contributed by atoms with E-state index in [2.05, 4.69) is 5.32 Å². The van der Waals surface area contributed by atoms with E-state index < -0.39 is 21.4 Å². The van der Waals surface area contributed by atoms with Crippen molar-refractivity contribution >= 4 is 17.1 Å². The minimum absolute atomic E-state index is 0.0637. The Morgan fingerprint density at radius 3 is 1.46 bits per heavy atom. The lowest BCUT2D eigenvalue weighted by molar-refractivity contribution is -0.387. The van der Waals surface area contributed by atoms with Gasteiger partial charge in [-0.05, 0) is 12.1 Å². The van der Waals surface area contributed by atoms with Gasteiger partial charge in [0.2, 0.25) is 5.82 Å². The Bertz CT molecular complexity index is 904. The number of nitrogens with two attached hydrogens (primary N) is 3. The van der Waals surface area contributed by atoms with E-state index in [-0.39, 0.29) is 5.69 Å². The standard InChI is InChI=1S/C12H19N3O4.C6H4FNO2.C6H16N2O2/c13-5-7-18-9-10-19-8-6-14-11-3-1-2-4-12(11)15(16)17;7-5-3-1-2-4-6(5)8(9)10;7-1-3-9-5-6-10-4-2-8/h1-4,14H,5-10,13H2;1-4H;1-8H2. The Morgan fingerprint density at radius 1 is 0.641 bits per heavy atom. The average Bonchev–Trinajstić information content (AvgIpc) is 2.93. The molecule has 0 aliphatic carbocycles. The van der Waals surface area contributed by atoms with Gasteiger partial charge in [-0.1, -0.05) is 24.3 Å². The van der Waals surface area contributed by atoms with Gasteiger partial charge in [-0.15, -0.1) is 0 Å². The van der Waals surface area contributed by atoms with Gasteiger partial charge in [-0.2, -0.15) is 4.39 Å². The highest BCUT2D eigenvalue weighted by molar-refractivity contribution is 5.60. The predicted molar refractivity (Wildman–Crippen MR) is 145 cm³/mol. The van der Waals surface area contributed by atoms with Crippen molar-refractivity contribution in [2.24, 2.45) is 17.2 Å². The molecular formula is C24H39FN6O8. The number of rotatable bonds is 18. The molecule has 2 rings (SSSR count). The summed E-state index contributed by atoms with van der Waals surface area (Å²) in [6, 6.07) is 11.5. The highest BCUT2D eigenvalue weighted by Gasteiger charge is 2.11. The summed E-state index contributed by atoms with van der Waals surface area (Å²) >= 11 is 0. The zero-order chi connectivity index (χ0) is 29.1. The minimum Gasteiger partial charge on any atom is -0.378 e. The molecule has 0 unspecified atom stereocenters. The molecular weight excluding hydrogens is 519 g/mol. The maximum atomic E-state index is 12.4. The molecule has 14 nitrogen and oxygen atoms in total. The molecule has 7 N–H and O–H groups in total. The maximum Gasteiger partial charge on any atom is 0.304 e. The summed E-state index contributed by atoms with van der Waals surface area (Å²) in [5, 5.41) is 23.7. The molecule has 0 saturated carbocycles. The summed E-state index contributed by atoms with van der Waals surface area (Å²) < 4.78 is 32.9. The zero-order valence-corrected chi connectivity index (χ0v) is 21.9. The quantitative estimate of drug-likeness (QED) is 0.117. The van der Waals surface area contributed by atoms with Crippen LogP contribution in [0.3, 0.4) is 0 Å². The zero-order valence-electron chi connectivity index (χ0n) is 21.9. The van der Waals surface area contributed by atoms with E-state index >= 15 is 0 Å². The SMILES string of the molecule is NCCOCCOCCN.NCCOCCOCCNc1ccccc1[N+](=O)[O-].O=[N+]([O-])c1ccccc1F. The Kier molecular flexibility index (Phi) is 22.9. The van der Waals surface area contributed by atoms with Gasteiger partial charge in [0.1, 0.15) is 5.69 Å². The summed E-state index contributed by atoms with van der Waals surface area (Å²) in [5.74, 6) is -0.799. The van der Waals surface area contributed by atoms with E-state index in [4.69, 9.17) is 36.1 Å². The Balaban J connectivity index is 0.000000610. The third-order valence-corrected chi connectivity index (χ3v) is 4.24. The number of ether oxygens (including phenoxy) is 4. The molecule has 0 spiro atoms. The van der Waals surface area contributed by atoms with Crippen LogP contribution >= 0.6 is 0 Å². The number of benzene rings is 2. The number of hydrogen-bond donors (Lipinski definition) is 4. The van der Waals surface area contributed by atoms with Crippen LogP contribution in [-0.4, -0.2) is 88.9 Å². The molecule has 0 bridgehead atoms. The molecule has 0 aliphatic rings. The van der Waals surface area contributed by atoms with Gasteiger partial charge >= 0.3 is 5.69 Å². The normalized spacial score (nSPS) is 10.1. The highest BCUT2D eigenvalue weighted by Crippen LogP contribution is 2.22. The largest absolute Gasteiger partial charge is 0.378 e. The van der Waals surface area contributed by atoms with Crippen LogP contribution in [0.25, 0.3) is 0 Å². The van der Waals surface area contributed by atoms with Gasteiger partial charge in [0.25, 0.3) is 5.69 Å². The Morgan fingerprint density at radius 2 is 1.05 bits per heavy atom. The van der Waals surface area contributed by atoms with Crippen LogP contribution < -0.4 is 22.5 Å². The van der Waals surface area contributed by atoms with E-state index in [0.29, 0.717) is 84.7 Å². The second-order valence-corrected chi connectivity index (χ2v) is 7.23. The van der Waals surface area contributed by atoms with Gasteiger partial charge in [0.15, 0.2) is 0 Å². The molecule has 220 valence electrons. The molecule has 0 aliphatic heterocycles. The summed E-state index contributed by atoms with van der Waals surface area (Å²) in [7, 11) is 0. The number of nitro benzene ring substituents is 2. The van der Waals surface area contributed by atoms with E-state index in [0.717, 1.165) is 12.1 Å². The molecule has 0 amide bonds. The Hall–Kier alpha value is -3.31. The molecule has 2 aromatic rings. The maximum absolute atomic E-state index is 12.4. The molecule has 15 heteroatoms. The van der Waals surface area contributed by atoms with Crippen molar-refractivity contribution in [2.45, 2.75) is 0 Å². The van der Waals surface area contributed by atoms with Crippen molar-refractivity contribution in [3.63, 3.8) is 0 Å². The van der Waals surface area contributed by atoms with Crippen LogP contribution in [0, 0.1) is 26.0 Å².